The molecule has 0 saturated heterocycles. The van der Waals surface area contributed by atoms with E-state index in [4.69, 9.17) is 0 Å². The van der Waals surface area contributed by atoms with Crippen molar-refractivity contribution in [3.8, 4) is 0 Å². The fourth-order valence-corrected chi connectivity index (χ4v) is 2.07. The van der Waals surface area contributed by atoms with E-state index in [2.05, 4.69) is 39.3 Å². The molecule has 0 fully saturated rings. The Hall–Kier alpha value is -1.76. The highest BCUT2D eigenvalue weighted by Gasteiger charge is 2.13. The average Bonchev–Trinajstić information content (AvgIpc) is 2.86. The highest BCUT2D eigenvalue weighted by atomic mass is 32.1. The monoisotopic (exact) mass is 251 g/mol. The summed E-state index contributed by atoms with van der Waals surface area (Å²) < 4.78 is 0. The molecule has 0 radical (unpaired) electrons. The predicted molar refractivity (Wildman–Crippen MR) is 65.3 cm³/mol. The van der Waals surface area contributed by atoms with E-state index in [1.54, 1.807) is 6.92 Å². The number of rotatable bonds is 3. The molecule has 2 aromatic rings. The molecule has 90 valence electrons. The van der Waals surface area contributed by atoms with Gasteiger partial charge in [-0.15, -0.1) is 16.4 Å². The van der Waals surface area contributed by atoms with Crippen molar-refractivity contribution in [2.75, 3.05) is 5.32 Å². The zero-order chi connectivity index (χ0) is 12.4. The van der Waals surface area contributed by atoms with Crippen molar-refractivity contribution in [2.24, 2.45) is 0 Å². The number of anilines is 1. The van der Waals surface area contributed by atoms with Gasteiger partial charge in [0.15, 0.2) is 5.13 Å². The molecular formula is C10H13N5OS. The number of aromatic nitrogens is 4. The standard InChI is InChI=1S/C10H13N5OS/c1-5(2)7-4-17-10(12-7)13-9(16)8-11-6(3)14-15-8/h4-5H,1-3H3,(H,11,14,15)(H,12,13,16). The SMILES string of the molecule is Cc1nc(C(=O)Nc2nc(C(C)C)cs2)n[nH]1. The highest BCUT2D eigenvalue weighted by molar-refractivity contribution is 7.14. The quantitative estimate of drug-likeness (QED) is 0.873. The van der Waals surface area contributed by atoms with Gasteiger partial charge >= 0.3 is 0 Å². The number of carbonyl (C=O) groups excluding carboxylic acids is 1. The second-order valence-electron chi connectivity index (χ2n) is 3.93. The normalized spacial score (nSPS) is 10.8. The van der Waals surface area contributed by atoms with E-state index in [0.29, 0.717) is 16.9 Å². The molecule has 0 aliphatic carbocycles. The number of amides is 1. The van der Waals surface area contributed by atoms with E-state index >= 15 is 0 Å². The van der Waals surface area contributed by atoms with Gasteiger partial charge < -0.3 is 0 Å². The number of H-pyrrole nitrogens is 1. The van der Waals surface area contributed by atoms with Gasteiger partial charge in [-0.1, -0.05) is 13.8 Å². The molecule has 0 aromatic carbocycles. The Bertz CT molecular complexity index is 530. The largest absolute Gasteiger partial charge is 0.297 e. The molecule has 2 aromatic heterocycles. The molecule has 1 amide bonds. The first kappa shape index (κ1) is 11.7. The van der Waals surface area contributed by atoms with Crippen molar-refractivity contribution in [1.29, 1.82) is 0 Å². The lowest BCUT2D eigenvalue weighted by Crippen LogP contribution is -2.13. The summed E-state index contributed by atoms with van der Waals surface area (Å²) in [7, 11) is 0. The maximum Gasteiger partial charge on any atom is 0.297 e. The van der Waals surface area contributed by atoms with Gasteiger partial charge in [0.25, 0.3) is 5.91 Å². The average molecular weight is 251 g/mol. The first-order valence-electron chi connectivity index (χ1n) is 5.22. The summed E-state index contributed by atoms with van der Waals surface area (Å²) in [4.78, 5) is 20.0. The summed E-state index contributed by atoms with van der Waals surface area (Å²) in [5.41, 5.74) is 0.969. The maximum atomic E-state index is 11.7. The van der Waals surface area contributed by atoms with Gasteiger partial charge in [0.05, 0.1) is 5.69 Å². The van der Waals surface area contributed by atoms with Crippen LogP contribution in [0.15, 0.2) is 5.38 Å². The topological polar surface area (TPSA) is 83.6 Å². The first-order chi connectivity index (χ1) is 8.06. The van der Waals surface area contributed by atoms with E-state index in [-0.39, 0.29) is 11.7 Å². The third-order valence-electron chi connectivity index (χ3n) is 2.13. The van der Waals surface area contributed by atoms with E-state index in [9.17, 15) is 4.79 Å². The Morgan fingerprint density at radius 3 is 2.76 bits per heavy atom. The number of aromatic amines is 1. The number of nitrogens with zero attached hydrogens (tertiary/aromatic N) is 3. The fourth-order valence-electron chi connectivity index (χ4n) is 1.21. The molecule has 0 saturated carbocycles. The van der Waals surface area contributed by atoms with Crippen LogP contribution in [0, 0.1) is 6.92 Å². The van der Waals surface area contributed by atoms with E-state index in [1.807, 2.05) is 5.38 Å². The lowest BCUT2D eigenvalue weighted by molar-refractivity contribution is 0.101. The van der Waals surface area contributed by atoms with Crippen LogP contribution >= 0.6 is 11.3 Å². The molecule has 2 heterocycles. The molecule has 2 N–H and O–H groups in total. The fraction of sp³-hybridized carbons (Fsp3) is 0.400. The number of nitrogens with one attached hydrogen (secondary N) is 2. The molecule has 17 heavy (non-hydrogen) atoms. The third-order valence-corrected chi connectivity index (χ3v) is 2.91. The Balaban J connectivity index is 2.07. The maximum absolute atomic E-state index is 11.7. The van der Waals surface area contributed by atoms with Crippen molar-refractivity contribution < 1.29 is 4.79 Å². The first-order valence-corrected chi connectivity index (χ1v) is 6.10. The van der Waals surface area contributed by atoms with Gasteiger partial charge in [0, 0.05) is 5.38 Å². The van der Waals surface area contributed by atoms with Crippen LogP contribution < -0.4 is 5.32 Å². The van der Waals surface area contributed by atoms with Crippen LogP contribution in [0.2, 0.25) is 0 Å². The zero-order valence-corrected chi connectivity index (χ0v) is 10.6. The van der Waals surface area contributed by atoms with Crippen LogP contribution in [0.3, 0.4) is 0 Å². The molecule has 0 aliphatic rings. The highest BCUT2D eigenvalue weighted by Crippen LogP contribution is 2.21. The second-order valence-corrected chi connectivity index (χ2v) is 4.79. The molecule has 0 atom stereocenters. The summed E-state index contributed by atoms with van der Waals surface area (Å²) in [6.07, 6.45) is 0. The van der Waals surface area contributed by atoms with Gasteiger partial charge in [0.2, 0.25) is 5.82 Å². The molecule has 0 unspecified atom stereocenters. The summed E-state index contributed by atoms with van der Waals surface area (Å²) in [5.74, 6) is 0.739. The number of aryl methyl sites for hydroxylation is 1. The van der Waals surface area contributed by atoms with Crippen molar-refractivity contribution in [3.05, 3.63) is 22.7 Å². The van der Waals surface area contributed by atoms with Crippen LogP contribution in [-0.4, -0.2) is 26.1 Å². The predicted octanol–water partition coefficient (Wildman–Crippen LogP) is 1.95. The lowest BCUT2D eigenvalue weighted by atomic mass is 10.2. The zero-order valence-electron chi connectivity index (χ0n) is 9.81. The van der Waals surface area contributed by atoms with Crippen molar-refractivity contribution >= 4 is 22.4 Å². The van der Waals surface area contributed by atoms with Gasteiger partial charge in [-0.25, -0.2) is 9.97 Å². The second kappa shape index (κ2) is 4.62. The number of carbonyl (C=O) groups is 1. The minimum Gasteiger partial charge on any atom is -0.295 e. The van der Waals surface area contributed by atoms with Crippen molar-refractivity contribution in [2.45, 2.75) is 26.7 Å². The Kier molecular flexibility index (Phi) is 3.19. The third kappa shape index (κ3) is 2.68. The number of hydrogen-bond donors (Lipinski definition) is 2. The van der Waals surface area contributed by atoms with Gasteiger partial charge in [0.1, 0.15) is 5.82 Å². The van der Waals surface area contributed by atoms with Crippen molar-refractivity contribution in [3.63, 3.8) is 0 Å². The van der Waals surface area contributed by atoms with Crippen molar-refractivity contribution in [1.82, 2.24) is 20.2 Å². The lowest BCUT2D eigenvalue weighted by Gasteiger charge is -1.98. The molecule has 0 bridgehead atoms. The Morgan fingerprint density at radius 2 is 2.24 bits per heavy atom. The van der Waals surface area contributed by atoms with Crippen LogP contribution in [0.5, 0.6) is 0 Å². The van der Waals surface area contributed by atoms with Crippen LogP contribution in [0.1, 0.15) is 41.9 Å². The molecule has 7 heteroatoms. The summed E-state index contributed by atoms with van der Waals surface area (Å²) in [6.45, 7) is 5.85. The molecule has 6 nitrogen and oxygen atoms in total. The van der Waals surface area contributed by atoms with Gasteiger partial charge in [-0.2, -0.15) is 0 Å². The number of thiazole rings is 1. The van der Waals surface area contributed by atoms with Gasteiger partial charge in [-0.3, -0.25) is 15.2 Å². The van der Waals surface area contributed by atoms with Crippen LogP contribution in [-0.2, 0) is 0 Å². The smallest absolute Gasteiger partial charge is 0.295 e. The van der Waals surface area contributed by atoms with E-state index in [1.165, 1.54) is 11.3 Å². The summed E-state index contributed by atoms with van der Waals surface area (Å²) >= 11 is 1.40. The van der Waals surface area contributed by atoms with E-state index < -0.39 is 0 Å². The van der Waals surface area contributed by atoms with Gasteiger partial charge in [-0.05, 0) is 12.8 Å². The van der Waals surface area contributed by atoms with Crippen LogP contribution in [0.4, 0.5) is 5.13 Å². The minimum absolute atomic E-state index is 0.129. The van der Waals surface area contributed by atoms with E-state index in [0.717, 1.165) is 5.69 Å². The minimum atomic E-state index is -0.348. The molecule has 2 rings (SSSR count). The molecular weight excluding hydrogens is 238 g/mol. The Morgan fingerprint density at radius 1 is 1.47 bits per heavy atom. The number of hydrogen-bond acceptors (Lipinski definition) is 5. The Labute approximate surface area is 103 Å². The summed E-state index contributed by atoms with van der Waals surface area (Å²) in [5, 5.41) is 11.6. The summed E-state index contributed by atoms with van der Waals surface area (Å²) in [6, 6.07) is 0. The molecule has 0 spiro atoms. The van der Waals surface area contributed by atoms with Crippen LogP contribution in [0.25, 0.3) is 0 Å². The molecule has 0 aliphatic heterocycles.